The predicted molar refractivity (Wildman–Crippen MR) is 125 cm³/mol. The van der Waals surface area contributed by atoms with Gasteiger partial charge in [0.15, 0.2) is 0 Å². The zero-order chi connectivity index (χ0) is 22.6. The van der Waals surface area contributed by atoms with Crippen LogP contribution in [0.4, 0.5) is 5.69 Å². The molecular weight excluding hydrogens is 424 g/mol. The lowest BCUT2D eigenvalue weighted by Crippen LogP contribution is -2.42. The van der Waals surface area contributed by atoms with Gasteiger partial charge in [-0.15, -0.1) is 0 Å². The van der Waals surface area contributed by atoms with Gasteiger partial charge in [-0.2, -0.15) is 0 Å². The van der Waals surface area contributed by atoms with E-state index in [2.05, 4.69) is 11.4 Å². The minimum Gasteiger partial charge on any atom is -0.457 e. The summed E-state index contributed by atoms with van der Waals surface area (Å²) >= 11 is 0. The highest BCUT2D eigenvalue weighted by atomic mass is 32.2. The molecular formula is C25H26N2O4S. The van der Waals surface area contributed by atoms with Gasteiger partial charge in [0.05, 0.1) is 18.0 Å². The number of anilines is 1. The Kier molecular flexibility index (Phi) is 6.46. The van der Waals surface area contributed by atoms with E-state index < -0.39 is 10.0 Å². The first-order chi connectivity index (χ1) is 15.4. The second-order valence-electron chi connectivity index (χ2n) is 7.89. The lowest BCUT2D eigenvalue weighted by molar-refractivity contribution is -0.120. The van der Waals surface area contributed by atoms with Gasteiger partial charge >= 0.3 is 0 Å². The zero-order valence-electron chi connectivity index (χ0n) is 17.9. The highest BCUT2D eigenvalue weighted by Gasteiger charge is 2.25. The number of nitrogens with zero attached hydrogens (tertiary/aromatic N) is 1. The molecule has 0 radical (unpaired) electrons. The number of benzene rings is 3. The number of carbonyl (C=O) groups excluding carboxylic acids is 1. The Morgan fingerprint density at radius 3 is 2.34 bits per heavy atom. The van der Waals surface area contributed by atoms with Crippen LogP contribution in [0.25, 0.3) is 0 Å². The number of fused-ring (bicyclic) bond motifs is 1. The first kappa shape index (κ1) is 21.9. The standard InChI is InChI=1S/C25H26N2O4S/c1-32(29,30)27(20-14-16-22(17-15-20)31-21-10-3-2-4-11-21)18-25(28)26-24-13-7-9-19-8-5-6-12-23(19)24/h2-6,8,10-12,14-17,24H,7,9,13,18H2,1H3,(H,26,28). The first-order valence-corrected chi connectivity index (χ1v) is 12.4. The van der Waals surface area contributed by atoms with E-state index in [1.807, 2.05) is 48.5 Å². The van der Waals surface area contributed by atoms with Gasteiger partial charge in [0.1, 0.15) is 18.0 Å². The summed E-state index contributed by atoms with van der Waals surface area (Å²) in [6.45, 7) is -0.281. The summed E-state index contributed by atoms with van der Waals surface area (Å²) in [5, 5.41) is 3.02. The molecule has 32 heavy (non-hydrogen) atoms. The van der Waals surface area contributed by atoms with Gasteiger partial charge in [-0.1, -0.05) is 42.5 Å². The summed E-state index contributed by atoms with van der Waals surface area (Å²) in [4.78, 5) is 12.8. The van der Waals surface area contributed by atoms with E-state index in [1.165, 1.54) is 5.56 Å². The van der Waals surface area contributed by atoms with Crippen LogP contribution in [0.5, 0.6) is 11.5 Å². The first-order valence-electron chi connectivity index (χ1n) is 10.6. The number of rotatable bonds is 7. The van der Waals surface area contributed by atoms with E-state index in [9.17, 15) is 13.2 Å². The van der Waals surface area contributed by atoms with Crippen LogP contribution in [-0.4, -0.2) is 27.1 Å². The van der Waals surface area contributed by atoms with Crippen LogP contribution < -0.4 is 14.4 Å². The highest BCUT2D eigenvalue weighted by molar-refractivity contribution is 7.92. The number of ether oxygens (including phenoxy) is 1. The fourth-order valence-electron chi connectivity index (χ4n) is 3.98. The zero-order valence-corrected chi connectivity index (χ0v) is 18.7. The Morgan fingerprint density at radius 2 is 1.62 bits per heavy atom. The Hall–Kier alpha value is -3.32. The summed E-state index contributed by atoms with van der Waals surface area (Å²) in [6.07, 6.45) is 3.92. The third-order valence-corrected chi connectivity index (χ3v) is 6.64. The maximum atomic E-state index is 12.8. The Labute approximate surface area is 188 Å². The average Bonchev–Trinajstić information content (AvgIpc) is 2.78. The monoisotopic (exact) mass is 450 g/mol. The number of para-hydroxylation sites is 1. The van der Waals surface area contributed by atoms with E-state index >= 15 is 0 Å². The molecule has 166 valence electrons. The summed E-state index contributed by atoms with van der Waals surface area (Å²) in [5.74, 6) is 0.936. The maximum absolute atomic E-state index is 12.8. The predicted octanol–water partition coefficient (Wildman–Crippen LogP) is 4.44. The van der Waals surface area contributed by atoms with Gasteiger partial charge < -0.3 is 10.1 Å². The van der Waals surface area contributed by atoms with Crippen molar-refractivity contribution in [3.63, 3.8) is 0 Å². The molecule has 0 heterocycles. The summed E-state index contributed by atoms with van der Waals surface area (Å²) in [5.41, 5.74) is 2.76. The average molecular weight is 451 g/mol. The van der Waals surface area contributed by atoms with E-state index in [-0.39, 0.29) is 18.5 Å². The maximum Gasteiger partial charge on any atom is 0.241 e. The van der Waals surface area contributed by atoms with Gasteiger partial charge in [0, 0.05) is 0 Å². The van der Waals surface area contributed by atoms with Crippen molar-refractivity contribution < 1.29 is 17.9 Å². The molecule has 1 aliphatic carbocycles. The van der Waals surface area contributed by atoms with Gasteiger partial charge in [-0.05, 0) is 66.8 Å². The van der Waals surface area contributed by atoms with Crippen molar-refractivity contribution in [2.45, 2.75) is 25.3 Å². The SMILES string of the molecule is CS(=O)(=O)N(CC(=O)NC1CCCc2ccccc21)c1ccc(Oc2ccccc2)cc1. The second kappa shape index (κ2) is 9.44. The molecule has 0 bridgehead atoms. The van der Waals surface area contributed by atoms with Crippen molar-refractivity contribution in [2.75, 3.05) is 17.1 Å². The van der Waals surface area contributed by atoms with Crippen LogP contribution in [0, 0.1) is 0 Å². The quantitative estimate of drug-likeness (QED) is 0.577. The summed E-state index contributed by atoms with van der Waals surface area (Å²) < 4.78 is 31.8. The van der Waals surface area contributed by atoms with Gasteiger partial charge in [0.25, 0.3) is 0 Å². The van der Waals surface area contributed by atoms with Crippen LogP contribution in [0.2, 0.25) is 0 Å². The summed E-state index contributed by atoms with van der Waals surface area (Å²) in [6, 6.07) is 24.0. The molecule has 0 saturated carbocycles. The summed E-state index contributed by atoms with van der Waals surface area (Å²) in [7, 11) is -3.65. The fraction of sp³-hybridized carbons (Fsp3) is 0.240. The highest BCUT2D eigenvalue weighted by Crippen LogP contribution is 2.30. The number of carbonyl (C=O) groups is 1. The molecule has 0 spiro atoms. The molecule has 0 saturated heterocycles. The topological polar surface area (TPSA) is 75.7 Å². The van der Waals surface area contributed by atoms with Gasteiger partial charge in [-0.3, -0.25) is 9.10 Å². The number of amides is 1. The van der Waals surface area contributed by atoms with Crippen LogP contribution in [0.15, 0.2) is 78.9 Å². The number of hydrogen-bond donors (Lipinski definition) is 1. The molecule has 1 atom stereocenters. The number of sulfonamides is 1. The van der Waals surface area contributed by atoms with E-state index in [0.717, 1.165) is 35.4 Å². The molecule has 4 rings (SSSR count). The Morgan fingerprint density at radius 1 is 0.969 bits per heavy atom. The molecule has 0 aliphatic heterocycles. The lowest BCUT2D eigenvalue weighted by atomic mass is 9.88. The molecule has 1 N–H and O–H groups in total. The molecule has 3 aromatic carbocycles. The van der Waals surface area contributed by atoms with Crippen molar-refractivity contribution in [3.8, 4) is 11.5 Å². The van der Waals surface area contributed by atoms with E-state index in [4.69, 9.17) is 4.74 Å². The van der Waals surface area contributed by atoms with Crippen molar-refractivity contribution in [2.24, 2.45) is 0 Å². The Bertz CT molecular complexity index is 1180. The minimum atomic E-state index is -3.65. The lowest BCUT2D eigenvalue weighted by Gasteiger charge is -2.28. The Balaban J connectivity index is 1.47. The van der Waals surface area contributed by atoms with Gasteiger partial charge in [-0.25, -0.2) is 8.42 Å². The molecule has 0 fully saturated rings. The van der Waals surface area contributed by atoms with Crippen LogP contribution in [0.1, 0.15) is 30.0 Å². The van der Waals surface area contributed by atoms with Gasteiger partial charge in [0.2, 0.25) is 15.9 Å². The molecule has 7 heteroatoms. The molecule has 1 aliphatic rings. The van der Waals surface area contributed by atoms with Crippen molar-refractivity contribution >= 4 is 21.6 Å². The molecule has 1 unspecified atom stereocenters. The molecule has 1 amide bonds. The van der Waals surface area contributed by atoms with Crippen LogP contribution >= 0.6 is 0 Å². The number of aryl methyl sites for hydroxylation is 1. The normalized spacial score (nSPS) is 15.5. The smallest absolute Gasteiger partial charge is 0.241 e. The van der Waals surface area contributed by atoms with Crippen molar-refractivity contribution in [1.29, 1.82) is 0 Å². The van der Waals surface area contributed by atoms with E-state index in [0.29, 0.717) is 17.2 Å². The fourth-order valence-corrected chi connectivity index (χ4v) is 4.84. The van der Waals surface area contributed by atoms with Crippen LogP contribution in [0.3, 0.4) is 0 Å². The van der Waals surface area contributed by atoms with E-state index in [1.54, 1.807) is 24.3 Å². The third-order valence-electron chi connectivity index (χ3n) is 5.50. The number of nitrogens with one attached hydrogen (secondary N) is 1. The minimum absolute atomic E-state index is 0.101. The largest absolute Gasteiger partial charge is 0.457 e. The second-order valence-corrected chi connectivity index (χ2v) is 9.80. The number of hydrogen-bond acceptors (Lipinski definition) is 4. The van der Waals surface area contributed by atoms with Crippen LogP contribution in [-0.2, 0) is 21.2 Å². The van der Waals surface area contributed by atoms with Crippen molar-refractivity contribution in [1.82, 2.24) is 5.32 Å². The van der Waals surface area contributed by atoms with Crippen molar-refractivity contribution in [3.05, 3.63) is 90.0 Å². The third kappa shape index (κ3) is 5.29. The molecule has 0 aromatic heterocycles. The molecule has 6 nitrogen and oxygen atoms in total. The molecule has 3 aromatic rings.